The highest BCUT2D eigenvalue weighted by Gasteiger charge is 2.38. The maximum absolute atomic E-state index is 14.0. The number of para-hydroxylation sites is 2. The number of thiol groups is 1. The molecule has 3 amide bonds. The largest absolute Gasteiger partial charge is 0.493 e. The third kappa shape index (κ3) is 7.94. The number of nitrogens with zero attached hydrogens (tertiary/aromatic N) is 4. The van der Waals surface area contributed by atoms with Gasteiger partial charge in [0.05, 0.1) is 48.8 Å². The zero-order valence-corrected chi connectivity index (χ0v) is 36.3. The van der Waals surface area contributed by atoms with Crippen molar-refractivity contribution in [2.24, 2.45) is 9.98 Å². The van der Waals surface area contributed by atoms with Gasteiger partial charge in [-0.2, -0.15) is 21.0 Å². The molecule has 16 heteroatoms. The van der Waals surface area contributed by atoms with Crippen LogP contribution >= 0.6 is 12.6 Å². The Morgan fingerprint density at radius 3 is 1.86 bits per heavy atom. The first-order chi connectivity index (χ1) is 30.5. The van der Waals surface area contributed by atoms with Crippen LogP contribution in [-0.4, -0.2) is 75.9 Å². The van der Waals surface area contributed by atoms with Crippen LogP contribution in [0.25, 0.3) is 0 Å². The summed E-state index contributed by atoms with van der Waals surface area (Å²) in [7, 11) is -1.74. The Morgan fingerprint density at radius 2 is 1.30 bits per heavy atom. The number of carbonyl (C=O) groups excluding carboxylic acids is 3. The number of aryl methyl sites for hydroxylation is 1. The summed E-state index contributed by atoms with van der Waals surface area (Å²) in [4.78, 5) is 54.4. The molecule has 0 aromatic heterocycles. The second-order valence-electron chi connectivity index (χ2n) is 15.6. The van der Waals surface area contributed by atoms with E-state index in [4.69, 9.17) is 28.4 Å². The third-order valence-electron chi connectivity index (χ3n) is 11.6. The van der Waals surface area contributed by atoms with Gasteiger partial charge in [-0.05, 0) is 89.4 Å². The number of hydrogen-bond acceptors (Lipinski definition) is 12. The number of amides is 3. The highest BCUT2D eigenvalue weighted by Crippen LogP contribution is 2.42. The lowest BCUT2D eigenvalue weighted by Gasteiger charge is -2.22. The zero-order chi connectivity index (χ0) is 44.0. The number of rotatable bonds is 13. The summed E-state index contributed by atoms with van der Waals surface area (Å²) in [6.07, 6.45) is 4.83. The fraction of sp³-hybridized carbons (Fsp3) is 0.255. The molecule has 0 saturated carbocycles. The fourth-order valence-corrected chi connectivity index (χ4v) is 9.97. The number of carbonyl (C=O) groups is 3. The van der Waals surface area contributed by atoms with E-state index in [9.17, 15) is 22.8 Å². The molecule has 63 heavy (non-hydrogen) atoms. The van der Waals surface area contributed by atoms with Crippen LogP contribution in [0.15, 0.2) is 101 Å². The van der Waals surface area contributed by atoms with Crippen LogP contribution in [0.3, 0.4) is 0 Å². The average Bonchev–Trinajstić information content (AvgIpc) is 3.78. The molecule has 0 aliphatic carbocycles. The molecule has 5 aromatic carbocycles. The maximum atomic E-state index is 14.0. The fourth-order valence-electron chi connectivity index (χ4n) is 8.58. The van der Waals surface area contributed by atoms with E-state index < -0.39 is 21.3 Å². The van der Waals surface area contributed by atoms with Crippen LogP contribution in [0.1, 0.15) is 55.0 Å². The lowest BCUT2D eigenvalue weighted by Crippen LogP contribution is -2.37. The van der Waals surface area contributed by atoms with Crippen LogP contribution < -0.4 is 29.3 Å². The normalized spacial score (nSPS) is 17.4. The van der Waals surface area contributed by atoms with Gasteiger partial charge >= 0.3 is 0 Å². The van der Waals surface area contributed by atoms with Crippen molar-refractivity contribution in [3.05, 3.63) is 130 Å². The summed E-state index contributed by atoms with van der Waals surface area (Å²) < 4.78 is 48.6. The molecule has 1 N–H and O–H groups in total. The molecule has 1 unspecified atom stereocenters. The molecule has 0 fully saturated rings. The summed E-state index contributed by atoms with van der Waals surface area (Å²) in [6.45, 7) is 1.85. The minimum Gasteiger partial charge on any atom is -0.493 e. The molecule has 0 spiro atoms. The summed E-state index contributed by atoms with van der Waals surface area (Å²) >= 11 is 4.17. The highest BCUT2D eigenvalue weighted by molar-refractivity contribution is 7.88. The van der Waals surface area contributed by atoms with Gasteiger partial charge < -0.3 is 19.5 Å². The number of fused-ring (bicyclic) bond motifs is 8. The number of benzene rings is 5. The van der Waals surface area contributed by atoms with E-state index in [2.05, 4.69) is 17.9 Å². The van der Waals surface area contributed by atoms with Crippen molar-refractivity contribution in [3.8, 4) is 17.2 Å². The van der Waals surface area contributed by atoms with E-state index in [1.807, 2.05) is 61.5 Å². The van der Waals surface area contributed by atoms with E-state index in [-0.39, 0.29) is 55.0 Å². The van der Waals surface area contributed by atoms with Crippen molar-refractivity contribution in [2.75, 3.05) is 35.1 Å². The maximum Gasteiger partial charge on any atom is 0.279 e. The Kier molecular flexibility index (Phi) is 11.3. The summed E-state index contributed by atoms with van der Waals surface area (Å²) in [5.41, 5.74) is 7.87. The van der Waals surface area contributed by atoms with Crippen molar-refractivity contribution in [3.63, 3.8) is 0 Å². The Morgan fingerprint density at radius 1 is 0.762 bits per heavy atom. The quantitative estimate of drug-likeness (QED) is 0.0909. The molecule has 14 nitrogen and oxygen atoms in total. The van der Waals surface area contributed by atoms with E-state index >= 15 is 0 Å². The second-order valence-corrected chi connectivity index (χ2v) is 18.0. The molecule has 0 bridgehead atoms. The number of aliphatic imine (C=N–C) groups is 2. The SMILES string of the molecule is COc1cc2c(cc1OCc1cc(COc3cc4c(cc3C)C(=O)N3c5ccccc5C[C@H]3C=N4)cc(NC(=O)C(CCS)S(=O)(=O)OC)c1)N=C[C@@H]1Cc3ccccc3N1C2=O. The Hall–Kier alpha value is -6.49. The van der Waals surface area contributed by atoms with Crippen LogP contribution in [0.5, 0.6) is 17.2 Å². The third-order valence-corrected chi connectivity index (χ3v) is 13.5. The molecule has 5 aromatic rings. The monoisotopic (exact) mass is 885 g/mol. The van der Waals surface area contributed by atoms with E-state index in [1.54, 1.807) is 58.6 Å². The molecule has 322 valence electrons. The molecule has 9 rings (SSSR count). The van der Waals surface area contributed by atoms with Gasteiger partial charge in [-0.15, -0.1) is 0 Å². The summed E-state index contributed by atoms with van der Waals surface area (Å²) in [5.74, 6) is 0.150. The molecular weight excluding hydrogens is 843 g/mol. The van der Waals surface area contributed by atoms with Gasteiger partial charge in [0.15, 0.2) is 16.7 Å². The van der Waals surface area contributed by atoms with E-state index in [1.165, 1.54) is 7.11 Å². The Bertz CT molecular complexity index is 2860. The first-order valence-corrected chi connectivity index (χ1v) is 22.4. The van der Waals surface area contributed by atoms with Crippen LogP contribution in [0.4, 0.5) is 28.4 Å². The number of ether oxygens (including phenoxy) is 3. The first-order valence-electron chi connectivity index (χ1n) is 20.3. The number of anilines is 3. The molecule has 3 atom stereocenters. The van der Waals surface area contributed by atoms with Crippen molar-refractivity contribution in [1.29, 1.82) is 0 Å². The molecular formula is C47H43N5O9S2. The van der Waals surface area contributed by atoms with Gasteiger partial charge in [0.2, 0.25) is 5.91 Å². The molecule has 4 heterocycles. The van der Waals surface area contributed by atoms with E-state index in [0.717, 1.165) is 35.2 Å². The topological polar surface area (TPSA) is 166 Å². The first kappa shape index (κ1) is 41.8. The van der Waals surface area contributed by atoms with Gasteiger partial charge in [0.1, 0.15) is 19.0 Å². The van der Waals surface area contributed by atoms with Crippen molar-refractivity contribution in [1.82, 2.24) is 0 Å². The number of hydrogen-bond donors (Lipinski definition) is 2. The standard InChI is InChI=1S/C47H43N5O9S2/c1-27-14-35-37(48-23-33-18-30-8-4-6-10-39(30)51(33)46(35)54)21-41(27)60-25-28-15-29(17-32(16-28)50-45(53)44(12-13-62)63(56,57)59-3)26-61-43-22-38-36(20-42(43)58-2)47(55)52-34(24-49-38)19-31-9-5-7-11-40(31)52/h4-11,14-17,20-24,33-34,44,62H,12-13,18-19,25-26H2,1-3H3,(H,50,53)/t33-,34-,44?/m0/s1. The smallest absolute Gasteiger partial charge is 0.279 e. The lowest BCUT2D eigenvalue weighted by molar-refractivity contribution is -0.116. The second kappa shape index (κ2) is 17.0. The lowest BCUT2D eigenvalue weighted by atomic mass is 10.1. The Labute approximate surface area is 370 Å². The van der Waals surface area contributed by atoms with Crippen LogP contribution in [-0.2, 0) is 45.2 Å². The average molecular weight is 886 g/mol. The summed E-state index contributed by atoms with van der Waals surface area (Å²) in [5, 5.41) is 1.24. The summed E-state index contributed by atoms with van der Waals surface area (Å²) in [6, 6.07) is 27.3. The van der Waals surface area contributed by atoms with Gasteiger partial charge in [-0.25, -0.2) is 0 Å². The minimum atomic E-state index is -4.24. The van der Waals surface area contributed by atoms with Gasteiger partial charge in [-0.1, -0.05) is 36.4 Å². The minimum absolute atomic E-state index is 0.0202. The van der Waals surface area contributed by atoms with Gasteiger partial charge in [-0.3, -0.25) is 38.4 Å². The van der Waals surface area contributed by atoms with Gasteiger partial charge in [0.25, 0.3) is 21.9 Å². The number of nitrogens with one attached hydrogen (secondary N) is 1. The van der Waals surface area contributed by atoms with Crippen LogP contribution in [0.2, 0.25) is 0 Å². The van der Waals surface area contributed by atoms with Crippen molar-refractivity contribution < 1.29 is 41.2 Å². The Balaban J connectivity index is 0.991. The van der Waals surface area contributed by atoms with Crippen LogP contribution in [0, 0.1) is 6.92 Å². The molecule has 4 aliphatic heterocycles. The highest BCUT2D eigenvalue weighted by atomic mass is 32.2. The van der Waals surface area contributed by atoms with Crippen molar-refractivity contribution >= 4 is 81.3 Å². The predicted octanol–water partition coefficient (Wildman–Crippen LogP) is 7.34. The van der Waals surface area contributed by atoms with Crippen molar-refractivity contribution in [2.45, 2.75) is 56.7 Å². The molecule has 4 aliphatic rings. The number of methoxy groups -OCH3 is 1. The molecule has 0 radical (unpaired) electrons. The zero-order valence-electron chi connectivity index (χ0n) is 34.6. The predicted molar refractivity (Wildman–Crippen MR) is 244 cm³/mol. The van der Waals surface area contributed by atoms with Gasteiger partial charge in [0, 0.05) is 54.5 Å². The molecule has 0 saturated heterocycles. The van der Waals surface area contributed by atoms with E-state index in [0.29, 0.717) is 63.7 Å².